The average Bonchev–Trinajstić information content (AvgIpc) is 2.34. The number of alkyl halides is 3. The summed E-state index contributed by atoms with van der Waals surface area (Å²) < 4.78 is 51.2. The normalized spacial score (nSPS) is 12.9. The average molecular weight is 293 g/mol. The van der Waals surface area contributed by atoms with E-state index < -0.39 is 41.0 Å². The number of carboxylic acid groups (broad SMARTS) is 1. The van der Waals surface area contributed by atoms with Gasteiger partial charge in [-0.1, -0.05) is 0 Å². The van der Waals surface area contributed by atoms with E-state index >= 15 is 0 Å². The third-order valence-corrected chi connectivity index (χ3v) is 2.78. The van der Waals surface area contributed by atoms with E-state index in [0.717, 1.165) is 14.0 Å². The van der Waals surface area contributed by atoms with Gasteiger partial charge >= 0.3 is 12.1 Å². The fraction of sp³-hybridized carbons (Fsp3) is 0.333. The van der Waals surface area contributed by atoms with E-state index in [-0.39, 0.29) is 6.07 Å². The van der Waals surface area contributed by atoms with Gasteiger partial charge in [-0.25, -0.2) is 9.18 Å². The van der Waals surface area contributed by atoms with Crippen LogP contribution in [0.15, 0.2) is 18.2 Å². The first-order chi connectivity index (χ1) is 9.05. The Morgan fingerprint density at radius 2 is 1.85 bits per heavy atom. The Morgan fingerprint density at radius 1 is 1.30 bits per heavy atom. The van der Waals surface area contributed by atoms with Crippen molar-refractivity contribution in [3.8, 4) is 0 Å². The number of hydrogen-bond acceptors (Lipinski definition) is 2. The van der Waals surface area contributed by atoms with Crippen molar-refractivity contribution in [3.05, 3.63) is 35.1 Å². The first-order valence-corrected chi connectivity index (χ1v) is 5.42. The molecule has 1 atom stereocenters. The van der Waals surface area contributed by atoms with Crippen molar-refractivity contribution < 1.29 is 32.3 Å². The second kappa shape index (κ2) is 5.48. The molecule has 0 aliphatic carbocycles. The lowest BCUT2D eigenvalue weighted by Gasteiger charge is -2.23. The summed E-state index contributed by atoms with van der Waals surface area (Å²) in [6.07, 6.45) is -4.92. The molecule has 0 spiro atoms. The highest BCUT2D eigenvalue weighted by Crippen LogP contribution is 2.33. The van der Waals surface area contributed by atoms with Crippen LogP contribution >= 0.6 is 0 Å². The Morgan fingerprint density at radius 3 is 2.30 bits per heavy atom. The van der Waals surface area contributed by atoms with E-state index in [4.69, 9.17) is 5.11 Å². The molecular formula is C12H11F4NO3. The summed E-state index contributed by atoms with van der Waals surface area (Å²) in [7, 11) is 1.06. The monoisotopic (exact) mass is 293 g/mol. The molecule has 0 saturated carbocycles. The molecule has 0 aliphatic heterocycles. The summed E-state index contributed by atoms with van der Waals surface area (Å²) in [6.45, 7) is 1.15. The van der Waals surface area contributed by atoms with Crippen LogP contribution in [0.5, 0.6) is 0 Å². The maximum absolute atomic E-state index is 12.9. The topological polar surface area (TPSA) is 57.6 Å². The molecule has 1 N–H and O–H groups in total. The van der Waals surface area contributed by atoms with E-state index in [2.05, 4.69) is 0 Å². The van der Waals surface area contributed by atoms with Gasteiger partial charge in [-0.05, 0) is 25.1 Å². The molecule has 0 bridgehead atoms. The number of carboxylic acids is 1. The number of benzene rings is 1. The minimum absolute atomic E-state index is 0.201. The van der Waals surface area contributed by atoms with Gasteiger partial charge in [0.25, 0.3) is 5.91 Å². The molecule has 1 unspecified atom stereocenters. The van der Waals surface area contributed by atoms with Crippen molar-refractivity contribution in [2.24, 2.45) is 0 Å². The zero-order chi connectivity index (χ0) is 15.7. The van der Waals surface area contributed by atoms with Gasteiger partial charge < -0.3 is 10.0 Å². The molecule has 0 heterocycles. The van der Waals surface area contributed by atoms with Crippen LogP contribution in [0.1, 0.15) is 22.8 Å². The summed E-state index contributed by atoms with van der Waals surface area (Å²) in [5, 5.41) is 8.75. The Bertz CT molecular complexity index is 542. The predicted octanol–water partition coefficient (Wildman–Crippen LogP) is 2.39. The number of likely N-dealkylation sites (N-methyl/N-ethyl adjacent to an activating group) is 1. The minimum atomic E-state index is -4.92. The first kappa shape index (κ1) is 15.9. The molecular weight excluding hydrogens is 282 g/mol. The van der Waals surface area contributed by atoms with Gasteiger partial charge in [0.15, 0.2) is 0 Å². The lowest BCUT2D eigenvalue weighted by Crippen LogP contribution is -2.40. The van der Waals surface area contributed by atoms with E-state index in [0.29, 0.717) is 17.0 Å². The SMILES string of the molecule is CC(C(=O)O)N(C)C(=O)c1ccc(F)cc1C(F)(F)F. The molecule has 110 valence electrons. The molecule has 0 saturated heterocycles. The van der Waals surface area contributed by atoms with Crippen LogP contribution < -0.4 is 0 Å². The highest BCUT2D eigenvalue weighted by atomic mass is 19.4. The Labute approximate surface area is 111 Å². The number of carbonyl (C=O) groups is 2. The van der Waals surface area contributed by atoms with Crippen LogP contribution in [0.3, 0.4) is 0 Å². The lowest BCUT2D eigenvalue weighted by molar-refractivity contribution is -0.141. The van der Waals surface area contributed by atoms with Crippen molar-refractivity contribution >= 4 is 11.9 Å². The molecule has 0 fully saturated rings. The van der Waals surface area contributed by atoms with Crippen LogP contribution in [0, 0.1) is 5.82 Å². The quantitative estimate of drug-likeness (QED) is 0.871. The fourth-order valence-electron chi connectivity index (χ4n) is 1.47. The van der Waals surface area contributed by atoms with Gasteiger partial charge in [0.1, 0.15) is 11.9 Å². The van der Waals surface area contributed by atoms with E-state index in [9.17, 15) is 27.2 Å². The summed E-state index contributed by atoms with van der Waals surface area (Å²) in [5.74, 6) is -3.65. The maximum Gasteiger partial charge on any atom is 0.417 e. The highest BCUT2D eigenvalue weighted by Gasteiger charge is 2.37. The highest BCUT2D eigenvalue weighted by molar-refractivity contribution is 5.97. The number of halogens is 4. The maximum atomic E-state index is 12.9. The fourth-order valence-corrected chi connectivity index (χ4v) is 1.47. The van der Waals surface area contributed by atoms with Gasteiger partial charge in [0, 0.05) is 7.05 Å². The third-order valence-electron chi connectivity index (χ3n) is 2.78. The van der Waals surface area contributed by atoms with Gasteiger partial charge in [-0.15, -0.1) is 0 Å². The summed E-state index contributed by atoms with van der Waals surface area (Å²) in [5.41, 5.74) is -2.23. The number of carbonyl (C=O) groups excluding carboxylic acids is 1. The first-order valence-electron chi connectivity index (χ1n) is 5.42. The minimum Gasteiger partial charge on any atom is -0.480 e. The third kappa shape index (κ3) is 3.25. The van der Waals surface area contributed by atoms with Crippen molar-refractivity contribution in [1.29, 1.82) is 0 Å². The number of hydrogen-bond donors (Lipinski definition) is 1. The molecule has 1 rings (SSSR count). The number of amides is 1. The lowest BCUT2D eigenvalue weighted by atomic mass is 10.0. The van der Waals surface area contributed by atoms with Crippen molar-refractivity contribution in [2.75, 3.05) is 7.05 Å². The Kier molecular flexibility index (Phi) is 4.36. The van der Waals surface area contributed by atoms with Crippen molar-refractivity contribution in [3.63, 3.8) is 0 Å². The molecule has 0 aliphatic rings. The standard InChI is InChI=1S/C12H11F4NO3/c1-6(11(19)20)17(2)10(18)8-4-3-7(13)5-9(8)12(14,15)16/h3-6H,1-2H3,(H,19,20). The number of rotatable bonds is 3. The van der Waals surface area contributed by atoms with E-state index in [1.807, 2.05) is 0 Å². The molecule has 8 heteroatoms. The Hall–Kier alpha value is -2.12. The zero-order valence-corrected chi connectivity index (χ0v) is 10.5. The van der Waals surface area contributed by atoms with E-state index in [1.54, 1.807) is 0 Å². The van der Waals surface area contributed by atoms with Gasteiger partial charge in [0.2, 0.25) is 0 Å². The molecule has 1 aromatic rings. The molecule has 4 nitrogen and oxygen atoms in total. The van der Waals surface area contributed by atoms with Crippen molar-refractivity contribution in [1.82, 2.24) is 4.90 Å². The second-order valence-electron chi connectivity index (χ2n) is 4.12. The van der Waals surface area contributed by atoms with Crippen LogP contribution in [0.2, 0.25) is 0 Å². The van der Waals surface area contributed by atoms with Crippen LogP contribution in [-0.2, 0) is 11.0 Å². The van der Waals surface area contributed by atoms with Crippen LogP contribution in [-0.4, -0.2) is 35.0 Å². The van der Waals surface area contributed by atoms with Gasteiger partial charge in [-0.3, -0.25) is 4.79 Å². The molecule has 0 aromatic heterocycles. The van der Waals surface area contributed by atoms with Crippen LogP contribution in [0.4, 0.5) is 17.6 Å². The molecule has 1 amide bonds. The largest absolute Gasteiger partial charge is 0.480 e. The Balaban J connectivity index is 3.26. The van der Waals surface area contributed by atoms with Gasteiger partial charge in [-0.2, -0.15) is 13.2 Å². The predicted molar refractivity (Wildman–Crippen MR) is 60.6 cm³/mol. The van der Waals surface area contributed by atoms with Crippen LogP contribution in [0.25, 0.3) is 0 Å². The second-order valence-corrected chi connectivity index (χ2v) is 4.12. The number of nitrogens with zero attached hydrogens (tertiary/aromatic N) is 1. The number of aliphatic carboxylic acids is 1. The summed E-state index contributed by atoms with van der Waals surface area (Å²) in [4.78, 5) is 23.3. The summed E-state index contributed by atoms with van der Waals surface area (Å²) >= 11 is 0. The van der Waals surface area contributed by atoms with Gasteiger partial charge in [0.05, 0.1) is 11.1 Å². The van der Waals surface area contributed by atoms with E-state index in [1.165, 1.54) is 0 Å². The molecule has 0 radical (unpaired) electrons. The smallest absolute Gasteiger partial charge is 0.417 e. The van der Waals surface area contributed by atoms with Crippen molar-refractivity contribution in [2.45, 2.75) is 19.1 Å². The molecule has 20 heavy (non-hydrogen) atoms. The summed E-state index contributed by atoms with van der Waals surface area (Å²) in [6, 6.07) is 0.286. The zero-order valence-electron chi connectivity index (χ0n) is 10.5. The molecule has 1 aromatic carbocycles.